The molecule has 0 N–H and O–H groups in total. The zero-order valence-electron chi connectivity index (χ0n) is 15.4. The number of allylic oxidation sites excluding steroid dienone is 4. The predicted octanol–water partition coefficient (Wildman–Crippen LogP) is 5.29. The normalized spacial score (nSPS) is 16.6. The van der Waals surface area contributed by atoms with Crippen LogP contribution in [0.3, 0.4) is 0 Å². The minimum atomic E-state index is 0.926. The van der Waals surface area contributed by atoms with Gasteiger partial charge in [0, 0.05) is 11.1 Å². The lowest BCUT2D eigenvalue weighted by Crippen LogP contribution is -2.15. The van der Waals surface area contributed by atoms with Gasteiger partial charge in [0.2, 0.25) is 0 Å². The van der Waals surface area contributed by atoms with Crippen LogP contribution in [0.5, 0.6) is 0 Å². The van der Waals surface area contributed by atoms with E-state index in [2.05, 4.69) is 85.6 Å². The summed E-state index contributed by atoms with van der Waals surface area (Å²) in [7, 11) is 4.14. The summed E-state index contributed by atoms with van der Waals surface area (Å²) in [5.74, 6) is 1.97. The van der Waals surface area contributed by atoms with E-state index in [1.807, 2.05) is 6.07 Å². The summed E-state index contributed by atoms with van der Waals surface area (Å²) < 4.78 is 8.58. The van der Waals surface area contributed by atoms with Crippen LogP contribution in [0, 0.1) is 0 Å². The molecule has 0 unspecified atom stereocenters. The molecular weight excluding hydrogens is 318 g/mol. The maximum Gasteiger partial charge on any atom is 0.169 e. The first-order valence-corrected chi connectivity index (χ1v) is 9.21. The molecule has 0 saturated carbocycles. The summed E-state index contributed by atoms with van der Waals surface area (Å²) in [5.41, 5.74) is 6.27. The van der Waals surface area contributed by atoms with Crippen molar-refractivity contribution >= 4 is 17.5 Å². The number of hydrogen-bond donors (Lipinski definition) is 0. The van der Waals surface area contributed by atoms with Crippen LogP contribution in [0.15, 0.2) is 83.6 Å². The highest BCUT2D eigenvalue weighted by Gasteiger charge is 2.28. The highest BCUT2D eigenvalue weighted by atomic mass is 16.5. The lowest BCUT2D eigenvalue weighted by atomic mass is 9.85. The van der Waals surface area contributed by atoms with E-state index in [-0.39, 0.29) is 0 Å². The Labute approximate surface area is 155 Å². The summed E-state index contributed by atoms with van der Waals surface area (Å²) in [6.45, 7) is 0. The first kappa shape index (κ1) is 16.6. The summed E-state index contributed by atoms with van der Waals surface area (Å²) >= 11 is 0. The Kier molecular flexibility index (Phi) is 4.57. The fourth-order valence-electron chi connectivity index (χ4n) is 3.67. The second-order valence-corrected chi connectivity index (χ2v) is 7.04. The Morgan fingerprint density at radius 3 is 2.15 bits per heavy atom. The van der Waals surface area contributed by atoms with Crippen molar-refractivity contribution < 1.29 is 9.31 Å². The molecule has 0 bridgehead atoms. The predicted molar refractivity (Wildman–Crippen MR) is 108 cm³/mol. The molecule has 1 aliphatic heterocycles. The lowest BCUT2D eigenvalue weighted by molar-refractivity contribution is -0.459. The average molecular weight is 342 g/mol. The number of rotatable bonds is 3. The molecule has 0 atom stereocenters. The molecule has 130 valence electrons. The topological polar surface area (TPSA) is 12.2 Å². The molecule has 0 saturated heterocycles. The standard InChI is InChI=1S/C24H24NO/c1-25(2)17-20-14-9-15-21-22(18-10-5-3-6-11-18)16-23(26-24(20)21)19-12-7-4-8-13-19/h3-8,10-13,16-17H,9,14-15H2,1-2H3/q+1. The Morgan fingerprint density at radius 2 is 1.50 bits per heavy atom. The molecule has 0 spiro atoms. The molecule has 0 radical (unpaired) electrons. The van der Waals surface area contributed by atoms with E-state index in [0.29, 0.717) is 0 Å². The van der Waals surface area contributed by atoms with Crippen LogP contribution < -0.4 is 0 Å². The lowest BCUT2D eigenvalue weighted by Gasteiger charge is -2.28. The van der Waals surface area contributed by atoms with Crippen molar-refractivity contribution in [2.75, 3.05) is 14.1 Å². The molecule has 2 aromatic rings. The molecule has 2 aromatic carbocycles. The largest absolute Gasteiger partial charge is 0.456 e. The van der Waals surface area contributed by atoms with Crippen molar-refractivity contribution in [3.63, 3.8) is 0 Å². The molecule has 2 heteroatoms. The molecule has 0 fully saturated rings. The van der Waals surface area contributed by atoms with Crippen molar-refractivity contribution in [2.45, 2.75) is 19.3 Å². The summed E-state index contributed by atoms with van der Waals surface area (Å²) in [4.78, 5) is 0. The van der Waals surface area contributed by atoms with Crippen LogP contribution in [-0.4, -0.2) is 24.9 Å². The highest BCUT2D eigenvalue weighted by molar-refractivity contribution is 5.90. The highest BCUT2D eigenvalue weighted by Crippen LogP contribution is 2.42. The van der Waals surface area contributed by atoms with Crippen molar-refractivity contribution in [1.29, 1.82) is 0 Å². The van der Waals surface area contributed by atoms with E-state index in [1.54, 1.807) is 0 Å². The van der Waals surface area contributed by atoms with E-state index < -0.39 is 0 Å². The first-order valence-electron chi connectivity index (χ1n) is 9.21. The summed E-state index contributed by atoms with van der Waals surface area (Å²) in [5, 5.41) is 0. The zero-order chi connectivity index (χ0) is 17.9. The van der Waals surface area contributed by atoms with Gasteiger partial charge >= 0.3 is 0 Å². The Bertz CT molecular complexity index is 927. The molecule has 1 heterocycles. The maximum atomic E-state index is 6.47. The molecule has 2 aliphatic rings. The van der Waals surface area contributed by atoms with Crippen LogP contribution in [-0.2, 0) is 4.74 Å². The fraction of sp³-hybridized carbons (Fsp3) is 0.208. The van der Waals surface area contributed by atoms with Crippen molar-refractivity contribution in [3.05, 3.63) is 94.8 Å². The molecule has 1 aliphatic carbocycles. The molecule has 0 amide bonds. The third-order valence-corrected chi connectivity index (χ3v) is 4.81. The van der Waals surface area contributed by atoms with Crippen molar-refractivity contribution in [1.82, 2.24) is 0 Å². The van der Waals surface area contributed by atoms with Gasteiger partial charge in [-0.3, -0.25) is 0 Å². The third-order valence-electron chi connectivity index (χ3n) is 4.81. The van der Waals surface area contributed by atoms with Crippen LogP contribution >= 0.6 is 0 Å². The van der Waals surface area contributed by atoms with Gasteiger partial charge in [0.25, 0.3) is 0 Å². The maximum absolute atomic E-state index is 6.47. The van der Waals surface area contributed by atoms with Crippen LogP contribution in [0.4, 0.5) is 0 Å². The Hall–Kier alpha value is -2.87. The van der Waals surface area contributed by atoms with E-state index in [9.17, 15) is 0 Å². The molecule has 2 nitrogen and oxygen atoms in total. The van der Waals surface area contributed by atoms with E-state index >= 15 is 0 Å². The van der Waals surface area contributed by atoms with Crippen LogP contribution in [0.2, 0.25) is 0 Å². The second kappa shape index (κ2) is 7.17. The van der Waals surface area contributed by atoms with Gasteiger partial charge in [-0.2, -0.15) is 0 Å². The minimum Gasteiger partial charge on any atom is -0.456 e. The van der Waals surface area contributed by atoms with E-state index in [4.69, 9.17) is 4.74 Å². The van der Waals surface area contributed by atoms with Gasteiger partial charge in [-0.05, 0) is 36.5 Å². The molecule has 4 rings (SSSR count). The zero-order valence-corrected chi connectivity index (χ0v) is 15.4. The van der Waals surface area contributed by atoms with Gasteiger partial charge in [-0.1, -0.05) is 60.7 Å². The van der Waals surface area contributed by atoms with E-state index in [0.717, 1.165) is 36.3 Å². The average Bonchev–Trinajstić information content (AvgIpc) is 2.68. The monoisotopic (exact) mass is 342 g/mol. The summed E-state index contributed by atoms with van der Waals surface area (Å²) in [6.07, 6.45) is 7.68. The Morgan fingerprint density at radius 1 is 0.846 bits per heavy atom. The van der Waals surface area contributed by atoms with Crippen LogP contribution in [0.25, 0.3) is 11.3 Å². The minimum absolute atomic E-state index is 0.926. The summed E-state index contributed by atoms with van der Waals surface area (Å²) in [6, 6.07) is 21.0. The SMILES string of the molecule is C[N+](C)=CC1=C2OC(c3ccccc3)=CC(c3ccccc3)=C2CCC1. The van der Waals surface area contributed by atoms with Crippen molar-refractivity contribution in [3.8, 4) is 0 Å². The van der Waals surface area contributed by atoms with Gasteiger partial charge < -0.3 is 4.74 Å². The smallest absolute Gasteiger partial charge is 0.169 e. The number of fused-ring (bicyclic) bond motifs is 1. The number of benzene rings is 2. The Balaban J connectivity index is 1.93. The second-order valence-electron chi connectivity index (χ2n) is 7.04. The molecule has 26 heavy (non-hydrogen) atoms. The molecule has 0 aromatic heterocycles. The van der Waals surface area contributed by atoms with Gasteiger partial charge in [-0.15, -0.1) is 0 Å². The van der Waals surface area contributed by atoms with E-state index in [1.165, 1.54) is 22.3 Å². The number of hydrogen-bond acceptors (Lipinski definition) is 1. The molecular formula is C24H24NO+. The number of ether oxygens (including phenoxy) is 1. The first-order chi connectivity index (χ1) is 12.7. The van der Waals surface area contributed by atoms with Gasteiger partial charge in [0.05, 0.1) is 5.57 Å². The van der Waals surface area contributed by atoms with Crippen molar-refractivity contribution in [2.24, 2.45) is 0 Å². The van der Waals surface area contributed by atoms with Gasteiger partial charge in [-0.25, -0.2) is 4.58 Å². The van der Waals surface area contributed by atoms with Crippen LogP contribution in [0.1, 0.15) is 30.4 Å². The van der Waals surface area contributed by atoms with Gasteiger partial charge in [0.1, 0.15) is 25.6 Å². The van der Waals surface area contributed by atoms with Gasteiger partial charge in [0.15, 0.2) is 6.21 Å². The fourth-order valence-corrected chi connectivity index (χ4v) is 3.67. The third kappa shape index (κ3) is 3.28. The number of nitrogens with zero attached hydrogens (tertiary/aromatic N) is 1. The quantitative estimate of drug-likeness (QED) is 0.545.